The molecule has 0 aromatic rings. The number of fused-ring (bicyclic) bond motifs is 5. The molecular formula is C20H32O. The SMILES string of the molecule is CC1CC2CCCC[C@]2(C)[C@@H]2CC[C@]3(C)CC(=O)C[C@H]3[C@H]12. The first-order chi connectivity index (χ1) is 9.94. The Morgan fingerprint density at radius 3 is 2.67 bits per heavy atom. The highest BCUT2D eigenvalue weighted by Crippen LogP contribution is 2.66. The van der Waals surface area contributed by atoms with Crippen LogP contribution in [0.25, 0.3) is 0 Å². The van der Waals surface area contributed by atoms with Crippen LogP contribution in [0.2, 0.25) is 0 Å². The van der Waals surface area contributed by atoms with Crippen molar-refractivity contribution in [2.24, 2.45) is 40.4 Å². The van der Waals surface area contributed by atoms with Gasteiger partial charge in [-0.15, -0.1) is 0 Å². The normalized spacial score (nSPS) is 56.5. The van der Waals surface area contributed by atoms with Gasteiger partial charge in [0.05, 0.1) is 0 Å². The van der Waals surface area contributed by atoms with E-state index in [2.05, 4.69) is 20.8 Å². The summed E-state index contributed by atoms with van der Waals surface area (Å²) in [5.41, 5.74) is 0.951. The number of hydrogen-bond donors (Lipinski definition) is 0. The Hall–Kier alpha value is -0.330. The van der Waals surface area contributed by atoms with E-state index in [1.807, 2.05) is 0 Å². The van der Waals surface area contributed by atoms with Crippen LogP contribution in [0.3, 0.4) is 0 Å². The largest absolute Gasteiger partial charge is 0.300 e. The summed E-state index contributed by atoms with van der Waals surface area (Å²) in [6, 6.07) is 0. The Kier molecular flexibility index (Phi) is 3.12. The molecule has 0 aromatic carbocycles. The summed E-state index contributed by atoms with van der Waals surface area (Å²) in [7, 11) is 0. The molecule has 21 heavy (non-hydrogen) atoms. The number of Topliss-reactive ketones (excluding diaryl/α,β-unsaturated/α-hetero) is 1. The van der Waals surface area contributed by atoms with Gasteiger partial charge < -0.3 is 0 Å². The van der Waals surface area contributed by atoms with Crippen LogP contribution in [0.5, 0.6) is 0 Å². The number of carbonyl (C=O) groups is 1. The predicted octanol–water partition coefficient (Wildman–Crippen LogP) is 5.23. The zero-order valence-electron chi connectivity index (χ0n) is 14.2. The van der Waals surface area contributed by atoms with Gasteiger partial charge in [-0.05, 0) is 72.5 Å². The zero-order valence-corrected chi connectivity index (χ0v) is 14.2. The van der Waals surface area contributed by atoms with Gasteiger partial charge in [0.2, 0.25) is 0 Å². The van der Waals surface area contributed by atoms with E-state index in [9.17, 15) is 4.79 Å². The average molecular weight is 288 g/mol. The minimum atomic E-state index is 0.352. The summed E-state index contributed by atoms with van der Waals surface area (Å²) in [4.78, 5) is 12.2. The van der Waals surface area contributed by atoms with Gasteiger partial charge in [-0.2, -0.15) is 0 Å². The van der Waals surface area contributed by atoms with E-state index in [1.54, 1.807) is 0 Å². The van der Waals surface area contributed by atoms with E-state index in [4.69, 9.17) is 0 Å². The third kappa shape index (κ3) is 1.91. The quantitative estimate of drug-likeness (QED) is 0.596. The lowest BCUT2D eigenvalue weighted by atomic mass is 9.43. The zero-order chi connectivity index (χ0) is 14.8. The molecule has 0 aromatic heterocycles. The van der Waals surface area contributed by atoms with Gasteiger partial charge in [-0.1, -0.05) is 33.6 Å². The van der Waals surface area contributed by atoms with Crippen LogP contribution in [0.4, 0.5) is 0 Å². The van der Waals surface area contributed by atoms with Gasteiger partial charge in [0.1, 0.15) is 5.78 Å². The first kappa shape index (κ1) is 14.3. The molecule has 118 valence electrons. The molecule has 4 aliphatic carbocycles. The lowest BCUT2D eigenvalue weighted by Gasteiger charge is -2.61. The molecule has 0 saturated heterocycles. The van der Waals surface area contributed by atoms with E-state index in [-0.39, 0.29) is 0 Å². The van der Waals surface area contributed by atoms with Gasteiger partial charge in [0.15, 0.2) is 0 Å². The number of rotatable bonds is 0. The maximum absolute atomic E-state index is 12.2. The lowest BCUT2D eigenvalue weighted by molar-refractivity contribution is -0.128. The monoisotopic (exact) mass is 288 g/mol. The molecule has 0 aliphatic heterocycles. The first-order valence-corrected chi connectivity index (χ1v) is 9.46. The molecule has 4 rings (SSSR count). The van der Waals surface area contributed by atoms with Crippen molar-refractivity contribution in [3.8, 4) is 0 Å². The van der Waals surface area contributed by atoms with Gasteiger partial charge >= 0.3 is 0 Å². The third-order valence-electron chi connectivity index (χ3n) is 8.51. The summed E-state index contributed by atoms with van der Waals surface area (Å²) in [6.45, 7) is 7.57. The second kappa shape index (κ2) is 4.59. The molecule has 1 heteroatoms. The Morgan fingerprint density at radius 1 is 1.05 bits per heavy atom. The Morgan fingerprint density at radius 2 is 1.86 bits per heavy atom. The number of ketones is 1. The summed E-state index contributed by atoms with van der Waals surface area (Å²) < 4.78 is 0. The lowest BCUT2D eigenvalue weighted by Crippen LogP contribution is -2.54. The van der Waals surface area contributed by atoms with Crippen molar-refractivity contribution in [3.63, 3.8) is 0 Å². The maximum atomic E-state index is 12.2. The second-order valence-corrected chi connectivity index (χ2v) is 9.56. The fraction of sp³-hybridized carbons (Fsp3) is 0.950. The highest BCUT2D eigenvalue weighted by atomic mass is 16.1. The van der Waals surface area contributed by atoms with Gasteiger partial charge in [-0.3, -0.25) is 4.79 Å². The fourth-order valence-corrected chi connectivity index (χ4v) is 7.45. The summed E-state index contributed by atoms with van der Waals surface area (Å²) in [5.74, 6) is 4.85. The van der Waals surface area contributed by atoms with Crippen molar-refractivity contribution in [2.75, 3.05) is 0 Å². The van der Waals surface area contributed by atoms with Crippen LogP contribution < -0.4 is 0 Å². The minimum Gasteiger partial charge on any atom is -0.300 e. The van der Waals surface area contributed by atoms with Crippen molar-refractivity contribution < 1.29 is 4.79 Å². The summed E-state index contributed by atoms with van der Waals surface area (Å²) in [6.07, 6.45) is 11.8. The summed E-state index contributed by atoms with van der Waals surface area (Å²) in [5, 5.41) is 0. The maximum Gasteiger partial charge on any atom is 0.133 e. The van der Waals surface area contributed by atoms with Crippen molar-refractivity contribution in [1.29, 1.82) is 0 Å². The topological polar surface area (TPSA) is 17.1 Å². The molecule has 0 radical (unpaired) electrons. The molecule has 1 nitrogen and oxygen atoms in total. The van der Waals surface area contributed by atoms with Crippen molar-refractivity contribution >= 4 is 5.78 Å². The highest BCUT2D eigenvalue weighted by molar-refractivity contribution is 5.82. The van der Waals surface area contributed by atoms with E-state index in [0.29, 0.717) is 22.5 Å². The van der Waals surface area contributed by atoms with Crippen molar-refractivity contribution in [3.05, 3.63) is 0 Å². The van der Waals surface area contributed by atoms with Gasteiger partial charge in [-0.25, -0.2) is 0 Å². The van der Waals surface area contributed by atoms with Gasteiger partial charge in [0.25, 0.3) is 0 Å². The van der Waals surface area contributed by atoms with Crippen LogP contribution in [-0.2, 0) is 4.79 Å². The highest BCUT2D eigenvalue weighted by Gasteiger charge is 2.60. The molecule has 0 heterocycles. The molecule has 4 saturated carbocycles. The summed E-state index contributed by atoms with van der Waals surface area (Å²) >= 11 is 0. The standard InChI is InChI=1S/C20H32O/c1-13-10-14-6-4-5-8-20(14,3)16-7-9-19(2)12-15(21)11-17(19)18(13)16/h13-14,16-18H,4-12H2,1-3H3/t13?,14?,16-,17+,18-,19-,20+/m1/s1. The van der Waals surface area contributed by atoms with E-state index >= 15 is 0 Å². The van der Waals surface area contributed by atoms with Crippen LogP contribution in [0.15, 0.2) is 0 Å². The number of hydrogen-bond acceptors (Lipinski definition) is 1. The van der Waals surface area contributed by atoms with E-state index < -0.39 is 0 Å². The smallest absolute Gasteiger partial charge is 0.133 e. The van der Waals surface area contributed by atoms with Crippen LogP contribution in [-0.4, -0.2) is 5.78 Å². The molecule has 0 amide bonds. The van der Waals surface area contributed by atoms with Crippen molar-refractivity contribution in [2.45, 2.75) is 78.6 Å². The minimum absolute atomic E-state index is 0.352. The van der Waals surface area contributed by atoms with E-state index in [1.165, 1.54) is 44.9 Å². The Labute approximate surface area is 130 Å². The molecule has 4 fully saturated rings. The molecule has 4 aliphatic rings. The van der Waals surface area contributed by atoms with Gasteiger partial charge in [0, 0.05) is 12.8 Å². The fourth-order valence-electron chi connectivity index (χ4n) is 7.45. The van der Waals surface area contributed by atoms with Crippen molar-refractivity contribution in [1.82, 2.24) is 0 Å². The average Bonchev–Trinajstić information content (AvgIpc) is 2.73. The third-order valence-corrected chi connectivity index (χ3v) is 8.51. The molecule has 0 spiro atoms. The molecular weight excluding hydrogens is 256 g/mol. The molecule has 2 unspecified atom stereocenters. The van der Waals surface area contributed by atoms with Crippen LogP contribution in [0.1, 0.15) is 78.6 Å². The van der Waals surface area contributed by atoms with E-state index in [0.717, 1.165) is 36.5 Å². The molecule has 0 N–H and O–H groups in total. The first-order valence-electron chi connectivity index (χ1n) is 9.46. The molecule has 7 atom stereocenters. The second-order valence-electron chi connectivity index (χ2n) is 9.56. The van der Waals surface area contributed by atoms with Crippen LogP contribution in [0, 0.1) is 40.4 Å². The Bertz CT molecular complexity index is 455. The number of carbonyl (C=O) groups excluding carboxylic acids is 1. The predicted molar refractivity (Wildman–Crippen MR) is 85.9 cm³/mol. The molecule has 0 bridgehead atoms. The van der Waals surface area contributed by atoms with Crippen LogP contribution >= 0.6 is 0 Å². The Balaban J connectivity index is 1.70.